The minimum absolute atomic E-state index is 0. The molecule has 0 heterocycles. The first-order valence-electron chi connectivity index (χ1n) is 4.11. The number of benzene rings is 1. The minimum atomic E-state index is 0. The van der Waals surface area contributed by atoms with Crippen LogP contribution in [-0.4, -0.2) is 56.5 Å². The number of rotatable bonds is 3. The van der Waals surface area contributed by atoms with E-state index in [0.717, 1.165) is 18.4 Å². The molecule has 0 aliphatic heterocycles. The third kappa shape index (κ3) is 4.05. The average Bonchev–Trinajstić information content (AvgIpc) is 2.03. The van der Waals surface area contributed by atoms with Crippen LogP contribution in [0.1, 0.15) is 25.3 Å². The van der Waals surface area contributed by atoms with E-state index < -0.39 is 0 Å². The van der Waals surface area contributed by atoms with Crippen molar-refractivity contribution in [2.45, 2.75) is 26.2 Å². The molecule has 0 aliphatic carbocycles. The van der Waals surface area contributed by atoms with Crippen LogP contribution >= 0.6 is 0 Å². The first-order chi connectivity index (χ1) is 5.34. The standard InChI is InChI=1S/C10H14O.K/c1-2-3-6-9-7-4-5-8-10(9)11;/h4-5,7-8,11H,2-3,6H2,1H3;. The van der Waals surface area contributed by atoms with E-state index >= 15 is 0 Å². The van der Waals surface area contributed by atoms with Crippen LogP contribution in [0.5, 0.6) is 5.75 Å². The third-order valence-corrected chi connectivity index (χ3v) is 1.79. The van der Waals surface area contributed by atoms with E-state index in [4.69, 9.17) is 0 Å². The van der Waals surface area contributed by atoms with Gasteiger partial charge in [-0.05, 0) is 24.5 Å². The topological polar surface area (TPSA) is 20.2 Å². The van der Waals surface area contributed by atoms with Gasteiger partial charge in [0.15, 0.2) is 0 Å². The van der Waals surface area contributed by atoms with Crippen molar-refractivity contribution in [3.8, 4) is 5.75 Å². The molecule has 12 heavy (non-hydrogen) atoms. The van der Waals surface area contributed by atoms with Crippen molar-refractivity contribution in [2.24, 2.45) is 0 Å². The molecule has 61 valence electrons. The second-order valence-corrected chi connectivity index (χ2v) is 2.73. The van der Waals surface area contributed by atoms with Crippen LogP contribution in [0.2, 0.25) is 0 Å². The van der Waals surface area contributed by atoms with E-state index in [9.17, 15) is 5.11 Å². The van der Waals surface area contributed by atoms with E-state index in [1.807, 2.05) is 18.2 Å². The van der Waals surface area contributed by atoms with Gasteiger partial charge in [-0.2, -0.15) is 0 Å². The van der Waals surface area contributed by atoms with Crippen molar-refractivity contribution in [2.75, 3.05) is 0 Å². The summed E-state index contributed by atoms with van der Waals surface area (Å²) in [5.41, 5.74) is 1.06. The van der Waals surface area contributed by atoms with Crippen LogP contribution in [0, 0.1) is 0 Å². The van der Waals surface area contributed by atoms with Crippen molar-refractivity contribution in [3.05, 3.63) is 29.8 Å². The van der Waals surface area contributed by atoms with Crippen molar-refractivity contribution in [1.82, 2.24) is 0 Å². The van der Waals surface area contributed by atoms with Crippen molar-refractivity contribution >= 4 is 51.4 Å². The van der Waals surface area contributed by atoms with E-state index in [2.05, 4.69) is 6.92 Å². The van der Waals surface area contributed by atoms with Gasteiger partial charge >= 0.3 is 0 Å². The number of aryl methyl sites for hydroxylation is 1. The number of hydrogen-bond acceptors (Lipinski definition) is 1. The molecule has 0 saturated heterocycles. The molecular formula is C10H14KO. The Hall–Kier alpha value is 0.656. The van der Waals surface area contributed by atoms with Crippen molar-refractivity contribution in [1.29, 1.82) is 0 Å². The second kappa shape index (κ2) is 7.10. The molecule has 1 nitrogen and oxygen atoms in total. The molecule has 1 N–H and O–H groups in total. The van der Waals surface area contributed by atoms with Gasteiger partial charge < -0.3 is 5.11 Å². The van der Waals surface area contributed by atoms with Gasteiger partial charge in [0.2, 0.25) is 0 Å². The molecule has 1 aromatic rings. The number of phenols is 1. The average molecular weight is 189 g/mol. The Balaban J connectivity index is 0.00000121. The Morgan fingerprint density at radius 1 is 1.25 bits per heavy atom. The fourth-order valence-corrected chi connectivity index (χ4v) is 1.09. The molecule has 0 saturated carbocycles. The normalized spacial score (nSPS) is 9.08. The Morgan fingerprint density at radius 3 is 2.50 bits per heavy atom. The number of unbranched alkanes of at least 4 members (excludes halogenated alkanes) is 1. The number of hydrogen-bond donors (Lipinski definition) is 1. The molecule has 0 amide bonds. The first-order valence-corrected chi connectivity index (χ1v) is 4.11. The molecule has 0 atom stereocenters. The van der Waals surface area contributed by atoms with Gasteiger partial charge in [0.25, 0.3) is 0 Å². The van der Waals surface area contributed by atoms with Gasteiger partial charge in [-0.3, -0.25) is 0 Å². The SMILES string of the molecule is CCCCc1ccccc1O.[K]. The van der Waals surface area contributed by atoms with Crippen molar-refractivity contribution in [3.63, 3.8) is 0 Å². The molecule has 1 rings (SSSR count). The van der Waals surface area contributed by atoms with E-state index in [1.54, 1.807) is 6.07 Å². The predicted octanol–water partition coefficient (Wildman–Crippen LogP) is 2.35. The monoisotopic (exact) mass is 189 g/mol. The summed E-state index contributed by atoms with van der Waals surface area (Å²) in [5, 5.41) is 9.34. The summed E-state index contributed by atoms with van der Waals surface area (Å²) >= 11 is 0. The third-order valence-electron chi connectivity index (χ3n) is 1.79. The van der Waals surface area contributed by atoms with Crippen LogP contribution in [0.15, 0.2) is 24.3 Å². The Morgan fingerprint density at radius 2 is 1.92 bits per heavy atom. The summed E-state index contributed by atoms with van der Waals surface area (Å²) in [5.74, 6) is 0.431. The summed E-state index contributed by atoms with van der Waals surface area (Å²) < 4.78 is 0. The maximum atomic E-state index is 9.34. The molecule has 0 fully saturated rings. The number of aromatic hydroxyl groups is 1. The summed E-state index contributed by atoms with van der Waals surface area (Å²) in [7, 11) is 0. The van der Waals surface area contributed by atoms with Gasteiger partial charge in [0, 0.05) is 51.4 Å². The van der Waals surface area contributed by atoms with E-state index in [-0.39, 0.29) is 51.4 Å². The molecule has 1 radical (unpaired) electrons. The van der Waals surface area contributed by atoms with Gasteiger partial charge in [0.1, 0.15) is 5.75 Å². The molecule has 0 aromatic heterocycles. The summed E-state index contributed by atoms with van der Waals surface area (Å²) in [6.45, 7) is 2.15. The van der Waals surface area contributed by atoms with Gasteiger partial charge in [0.05, 0.1) is 0 Å². The van der Waals surface area contributed by atoms with Crippen LogP contribution in [-0.2, 0) is 6.42 Å². The minimum Gasteiger partial charge on any atom is -0.508 e. The fourth-order valence-electron chi connectivity index (χ4n) is 1.09. The zero-order valence-electron chi connectivity index (χ0n) is 7.88. The molecule has 0 aliphatic rings. The second-order valence-electron chi connectivity index (χ2n) is 2.73. The fraction of sp³-hybridized carbons (Fsp3) is 0.400. The van der Waals surface area contributed by atoms with Crippen LogP contribution in [0.3, 0.4) is 0 Å². The van der Waals surface area contributed by atoms with Gasteiger partial charge in [-0.15, -0.1) is 0 Å². The first kappa shape index (κ1) is 12.7. The van der Waals surface area contributed by atoms with E-state index in [1.165, 1.54) is 6.42 Å². The number of para-hydroxylation sites is 1. The summed E-state index contributed by atoms with van der Waals surface area (Å²) in [6, 6.07) is 7.53. The molecule has 1 aromatic carbocycles. The van der Waals surface area contributed by atoms with Crippen LogP contribution < -0.4 is 0 Å². The zero-order valence-corrected chi connectivity index (χ0v) is 11.0. The van der Waals surface area contributed by atoms with Gasteiger partial charge in [-0.1, -0.05) is 31.5 Å². The summed E-state index contributed by atoms with van der Waals surface area (Å²) in [4.78, 5) is 0. The van der Waals surface area contributed by atoms with Gasteiger partial charge in [-0.25, -0.2) is 0 Å². The quantitative estimate of drug-likeness (QED) is 0.724. The molecule has 2 heteroatoms. The maximum Gasteiger partial charge on any atom is 0.118 e. The smallest absolute Gasteiger partial charge is 0.118 e. The predicted molar refractivity (Wildman–Crippen MR) is 52.5 cm³/mol. The largest absolute Gasteiger partial charge is 0.508 e. The Bertz CT molecular complexity index is 223. The van der Waals surface area contributed by atoms with Crippen LogP contribution in [0.25, 0.3) is 0 Å². The molecule has 0 unspecified atom stereocenters. The zero-order chi connectivity index (χ0) is 8.10. The van der Waals surface area contributed by atoms with Crippen molar-refractivity contribution < 1.29 is 5.11 Å². The maximum absolute atomic E-state index is 9.34. The molecule has 0 spiro atoms. The molecular weight excluding hydrogens is 175 g/mol. The molecule has 0 bridgehead atoms. The van der Waals surface area contributed by atoms with E-state index in [0.29, 0.717) is 5.75 Å². The summed E-state index contributed by atoms with van der Waals surface area (Å²) in [6.07, 6.45) is 3.31. The Labute approximate surface area is 117 Å². The van der Waals surface area contributed by atoms with Crippen LogP contribution in [0.4, 0.5) is 0 Å². The number of phenolic OH excluding ortho intramolecular Hbond substituents is 1. The Kier molecular flexibility index (Phi) is 7.49.